The van der Waals surface area contributed by atoms with Crippen LogP contribution in [0, 0.1) is 0 Å². The highest BCUT2D eigenvalue weighted by molar-refractivity contribution is 6.20. The van der Waals surface area contributed by atoms with Crippen LogP contribution in [0.1, 0.15) is 34.8 Å². The first kappa shape index (κ1) is 12.4. The van der Waals surface area contributed by atoms with Gasteiger partial charge in [-0.15, -0.1) is 0 Å². The van der Waals surface area contributed by atoms with E-state index in [9.17, 15) is 4.79 Å². The number of ketones is 1. The van der Waals surface area contributed by atoms with Crippen LogP contribution in [0.2, 0.25) is 0 Å². The maximum atomic E-state index is 12.8. The third-order valence-electron chi connectivity index (χ3n) is 5.30. The highest BCUT2D eigenvalue weighted by atomic mass is 16.1. The average Bonchev–Trinajstić information content (AvgIpc) is 3.02. The van der Waals surface area contributed by atoms with Crippen LogP contribution in [0.5, 0.6) is 0 Å². The molecule has 1 fully saturated rings. The Balaban J connectivity index is 2.02. The summed E-state index contributed by atoms with van der Waals surface area (Å²) in [5, 5.41) is 4.88. The van der Waals surface area contributed by atoms with Crippen LogP contribution >= 0.6 is 0 Å². The Bertz CT molecular complexity index is 928. The van der Waals surface area contributed by atoms with Gasteiger partial charge >= 0.3 is 0 Å². The lowest BCUT2D eigenvalue weighted by atomic mass is 9.83. The highest BCUT2D eigenvalue weighted by Crippen LogP contribution is 2.44. The van der Waals surface area contributed by atoms with Crippen LogP contribution in [0.25, 0.3) is 21.5 Å². The number of carbonyl (C=O) groups is 1. The number of Topliss-reactive ketones (excluding diaryl/α,β-unsaturated/α-hetero) is 1. The molecule has 1 unspecified atom stereocenters. The summed E-state index contributed by atoms with van der Waals surface area (Å²) in [4.78, 5) is 15.2. The molecule has 2 heteroatoms. The summed E-state index contributed by atoms with van der Waals surface area (Å²) in [7, 11) is 0. The van der Waals surface area contributed by atoms with E-state index in [0.717, 1.165) is 17.5 Å². The molecule has 2 nitrogen and oxygen atoms in total. The third-order valence-corrected chi connectivity index (χ3v) is 5.30. The lowest BCUT2D eigenvalue weighted by molar-refractivity contribution is 0.0896. The van der Waals surface area contributed by atoms with Gasteiger partial charge in [0.15, 0.2) is 5.78 Å². The van der Waals surface area contributed by atoms with E-state index in [1.54, 1.807) is 0 Å². The quantitative estimate of drug-likeness (QED) is 0.574. The lowest BCUT2D eigenvalue weighted by Gasteiger charge is -2.33. The highest BCUT2D eigenvalue weighted by Gasteiger charge is 2.37. The number of hydrogen-bond donors (Lipinski definition) is 0. The van der Waals surface area contributed by atoms with Crippen molar-refractivity contribution in [2.45, 2.75) is 18.9 Å². The first-order chi connectivity index (χ1) is 10.8. The summed E-state index contributed by atoms with van der Waals surface area (Å²) in [6, 6.07) is 17.4. The number of benzene rings is 3. The van der Waals surface area contributed by atoms with Crippen molar-refractivity contribution < 1.29 is 4.79 Å². The van der Waals surface area contributed by atoms with Crippen LogP contribution in [0.15, 0.2) is 48.5 Å². The maximum Gasteiger partial charge on any atom is 0.177 e. The molecule has 22 heavy (non-hydrogen) atoms. The van der Waals surface area contributed by atoms with Gasteiger partial charge in [0.2, 0.25) is 0 Å². The standard InChI is InChI=1S/C20H17NO/c22-18-12-21-11-5-10-17(21)19-15-8-3-1-6-13(15)14-7-2-4-9-16(14)20(18)19/h1-4,6-9,17H,5,10-12H2. The zero-order chi connectivity index (χ0) is 14.7. The molecule has 1 atom stereocenters. The topological polar surface area (TPSA) is 20.3 Å². The van der Waals surface area contributed by atoms with E-state index < -0.39 is 0 Å². The lowest BCUT2D eigenvalue weighted by Crippen LogP contribution is -2.35. The molecule has 0 N–H and O–H groups in total. The van der Waals surface area contributed by atoms with Crippen molar-refractivity contribution in [1.29, 1.82) is 0 Å². The molecule has 108 valence electrons. The molecule has 3 aromatic carbocycles. The molecule has 0 bridgehead atoms. The molecule has 1 saturated heterocycles. The van der Waals surface area contributed by atoms with Gasteiger partial charge in [-0.25, -0.2) is 0 Å². The number of rotatable bonds is 0. The van der Waals surface area contributed by atoms with Crippen LogP contribution in [0.4, 0.5) is 0 Å². The van der Waals surface area contributed by atoms with Crippen LogP contribution in [0.3, 0.4) is 0 Å². The second-order valence-corrected chi connectivity index (χ2v) is 6.43. The smallest absolute Gasteiger partial charge is 0.177 e. The van der Waals surface area contributed by atoms with E-state index in [1.165, 1.54) is 34.6 Å². The fraction of sp³-hybridized carbons (Fsp3) is 0.250. The van der Waals surface area contributed by atoms with E-state index in [1.807, 2.05) is 6.07 Å². The van der Waals surface area contributed by atoms with Gasteiger partial charge in [-0.1, -0.05) is 48.5 Å². The Kier molecular flexibility index (Phi) is 2.47. The molecule has 0 spiro atoms. The Morgan fingerprint density at radius 1 is 0.864 bits per heavy atom. The molecule has 0 aliphatic carbocycles. The zero-order valence-electron chi connectivity index (χ0n) is 12.4. The fourth-order valence-electron chi connectivity index (χ4n) is 4.42. The molecule has 2 heterocycles. The Morgan fingerprint density at radius 3 is 2.27 bits per heavy atom. The molecule has 0 amide bonds. The number of nitrogens with zero attached hydrogens (tertiary/aromatic N) is 1. The van der Waals surface area contributed by atoms with Gasteiger partial charge in [0, 0.05) is 11.6 Å². The number of hydrogen-bond acceptors (Lipinski definition) is 2. The van der Waals surface area contributed by atoms with Gasteiger partial charge < -0.3 is 0 Å². The van der Waals surface area contributed by atoms with E-state index >= 15 is 0 Å². The minimum Gasteiger partial charge on any atom is -0.293 e. The second-order valence-electron chi connectivity index (χ2n) is 6.43. The molecule has 5 rings (SSSR count). The predicted molar refractivity (Wildman–Crippen MR) is 89.3 cm³/mol. The van der Waals surface area contributed by atoms with Crippen molar-refractivity contribution in [1.82, 2.24) is 4.90 Å². The minimum absolute atomic E-state index is 0.287. The van der Waals surface area contributed by atoms with Gasteiger partial charge in [0.1, 0.15) is 0 Å². The minimum atomic E-state index is 0.287. The Hall–Kier alpha value is -2.19. The van der Waals surface area contributed by atoms with Crippen LogP contribution in [-0.4, -0.2) is 23.8 Å². The molecular formula is C20H17NO. The summed E-state index contributed by atoms with van der Waals surface area (Å²) in [5.41, 5.74) is 2.26. The normalized spacial score (nSPS) is 21.3. The molecule has 0 radical (unpaired) electrons. The molecular weight excluding hydrogens is 270 g/mol. The van der Waals surface area contributed by atoms with Crippen molar-refractivity contribution >= 4 is 27.3 Å². The van der Waals surface area contributed by atoms with Gasteiger partial charge in [0.05, 0.1) is 6.54 Å². The van der Waals surface area contributed by atoms with E-state index in [4.69, 9.17) is 0 Å². The summed E-state index contributed by atoms with van der Waals surface area (Å²) < 4.78 is 0. The van der Waals surface area contributed by atoms with Crippen LogP contribution < -0.4 is 0 Å². The number of carbonyl (C=O) groups excluding carboxylic acids is 1. The molecule has 2 aliphatic rings. The molecule has 0 saturated carbocycles. The monoisotopic (exact) mass is 287 g/mol. The second kappa shape index (κ2) is 4.40. The van der Waals surface area contributed by atoms with Crippen molar-refractivity contribution in [3.05, 3.63) is 59.7 Å². The number of fused-ring (bicyclic) bond motifs is 8. The SMILES string of the molecule is O=C1CN2CCCC2c2c1c1ccccc1c1ccccc21. The van der Waals surface area contributed by atoms with E-state index in [0.29, 0.717) is 12.6 Å². The van der Waals surface area contributed by atoms with Crippen molar-refractivity contribution in [2.24, 2.45) is 0 Å². The Morgan fingerprint density at radius 2 is 1.50 bits per heavy atom. The maximum absolute atomic E-state index is 12.8. The van der Waals surface area contributed by atoms with Crippen molar-refractivity contribution in [3.8, 4) is 0 Å². The molecule has 3 aromatic rings. The van der Waals surface area contributed by atoms with Gasteiger partial charge in [0.25, 0.3) is 0 Å². The summed E-state index contributed by atoms with van der Waals surface area (Å²) in [6.07, 6.45) is 2.36. The zero-order valence-corrected chi connectivity index (χ0v) is 12.4. The van der Waals surface area contributed by atoms with Gasteiger partial charge in [-0.2, -0.15) is 0 Å². The van der Waals surface area contributed by atoms with E-state index in [-0.39, 0.29) is 5.78 Å². The van der Waals surface area contributed by atoms with E-state index in [2.05, 4.69) is 47.4 Å². The summed E-state index contributed by atoms with van der Waals surface area (Å²) in [5.74, 6) is 0.287. The van der Waals surface area contributed by atoms with Gasteiger partial charge in [-0.3, -0.25) is 9.69 Å². The van der Waals surface area contributed by atoms with Crippen molar-refractivity contribution in [3.63, 3.8) is 0 Å². The molecule has 2 aliphatic heterocycles. The predicted octanol–water partition coefficient (Wildman–Crippen LogP) is 4.33. The average molecular weight is 287 g/mol. The molecule has 0 aromatic heterocycles. The summed E-state index contributed by atoms with van der Waals surface area (Å²) in [6.45, 7) is 1.64. The van der Waals surface area contributed by atoms with Crippen LogP contribution in [-0.2, 0) is 0 Å². The fourth-order valence-corrected chi connectivity index (χ4v) is 4.42. The third kappa shape index (κ3) is 1.51. The Labute approximate surface area is 129 Å². The first-order valence-electron chi connectivity index (χ1n) is 8.05. The summed E-state index contributed by atoms with van der Waals surface area (Å²) >= 11 is 0. The first-order valence-corrected chi connectivity index (χ1v) is 8.05. The van der Waals surface area contributed by atoms with Gasteiger partial charge in [-0.05, 0) is 46.5 Å². The van der Waals surface area contributed by atoms with Crippen molar-refractivity contribution in [2.75, 3.05) is 13.1 Å². The largest absolute Gasteiger partial charge is 0.293 e.